The van der Waals surface area contributed by atoms with Crippen LogP contribution in [0.25, 0.3) is 10.9 Å². The number of benzene rings is 1. The number of nitrogens with zero attached hydrogens (tertiary/aromatic N) is 2. The molecule has 0 radical (unpaired) electrons. The number of carbonyl (C=O) groups is 1. The first kappa shape index (κ1) is 19.0. The Morgan fingerprint density at radius 2 is 2.00 bits per heavy atom. The third kappa shape index (κ3) is 3.00. The molecule has 2 aliphatic rings. The quantitative estimate of drug-likeness (QED) is 0.673. The maximum Gasteiger partial charge on any atom is 0.341 e. The fourth-order valence-electron chi connectivity index (χ4n) is 4.00. The molecule has 2 aromatic rings. The molecule has 7 nitrogen and oxygen atoms in total. The number of aromatic carboxylic acids is 1. The number of anilines is 2. The van der Waals surface area contributed by atoms with E-state index in [1.54, 1.807) is 9.47 Å². The van der Waals surface area contributed by atoms with Crippen molar-refractivity contribution in [3.63, 3.8) is 0 Å². The number of pyridine rings is 1. The highest BCUT2D eigenvalue weighted by Crippen LogP contribution is 2.44. The van der Waals surface area contributed by atoms with Crippen molar-refractivity contribution < 1.29 is 14.3 Å². The molecule has 9 heteroatoms. The fourth-order valence-corrected chi connectivity index (χ4v) is 4.40. The molecule has 2 fully saturated rings. The van der Waals surface area contributed by atoms with Gasteiger partial charge in [0, 0.05) is 31.4 Å². The number of carboxylic acid groups (broad SMARTS) is 1. The first-order valence-electron chi connectivity index (χ1n) is 9.40. The van der Waals surface area contributed by atoms with Crippen molar-refractivity contribution in [1.82, 2.24) is 4.57 Å². The number of hydrogen-bond acceptors (Lipinski definition) is 5. The summed E-state index contributed by atoms with van der Waals surface area (Å²) in [5.41, 5.74) is 11.0. The monoisotopic (exact) mass is 408 g/mol. The average Bonchev–Trinajstić information content (AvgIpc) is 3.48. The summed E-state index contributed by atoms with van der Waals surface area (Å²) in [6.45, 7) is 1.01. The van der Waals surface area contributed by atoms with Gasteiger partial charge in [-0.1, -0.05) is 18.0 Å². The predicted octanol–water partition coefficient (Wildman–Crippen LogP) is 2.73. The van der Waals surface area contributed by atoms with E-state index in [1.807, 2.05) is 0 Å². The molecule has 0 bridgehead atoms. The molecule has 0 unspecified atom stereocenters. The minimum absolute atomic E-state index is 0.0165. The van der Waals surface area contributed by atoms with Crippen molar-refractivity contribution >= 4 is 39.8 Å². The van der Waals surface area contributed by atoms with Gasteiger partial charge in [-0.25, -0.2) is 9.18 Å². The van der Waals surface area contributed by atoms with Crippen molar-refractivity contribution in [2.75, 3.05) is 23.7 Å². The van der Waals surface area contributed by atoms with Gasteiger partial charge in [0.1, 0.15) is 5.56 Å². The lowest BCUT2D eigenvalue weighted by Gasteiger charge is -2.28. The smallest absolute Gasteiger partial charge is 0.341 e. The Kier molecular flexibility index (Phi) is 4.71. The van der Waals surface area contributed by atoms with Crippen molar-refractivity contribution in [2.24, 2.45) is 5.73 Å². The molecule has 1 aromatic heterocycles. The van der Waals surface area contributed by atoms with Gasteiger partial charge in [0.05, 0.1) is 27.3 Å². The van der Waals surface area contributed by atoms with E-state index in [4.69, 9.17) is 23.1 Å². The predicted molar refractivity (Wildman–Crippen MR) is 107 cm³/mol. The van der Waals surface area contributed by atoms with E-state index in [2.05, 4.69) is 0 Å². The number of hydrogen-bond donors (Lipinski definition) is 3. The zero-order chi connectivity index (χ0) is 20.2. The molecule has 1 saturated carbocycles. The van der Waals surface area contributed by atoms with E-state index in [0.717, 1.165) is 32.1 Å². The van der Waals surface area contributed by atoms with Crippen LogP contribution in [-0.2, 0) is 0 Å². The molecular weight excluding hydrogens is 387 g/mol. The molecule has 4 rings (SSSR count). The highest BCUT2D eigenvalue weighted by atomic mass is 35.5. The molecule has 1 aromatic carbocycles. The SMILES string of the molecule is Nc1c(F)c(N2CCCC[C@@H](N)C2)c(Cl)c2c1c(=O)c(C(=O)O)cn2C1CC1. The van der Waals surface area contributed by atoms with Gasteiger partial charge in [0.2, 0.25) is 5.43 Å². The standard InChI is InChI=1S/C19H22ClFN4O3/c20-13-16-12(18(26)11(19(27)28)8-25(16)10-4-5-10)15(23)14(21)17(13)24-6-2-1-3-9(22)7-24/h8-10H,1-7,22-23H2,(H,27,28)/t9-/m1/s1. The Balaban J connectivity index is 2.04. The van der Waals surface area contributed by atoms with Crippen LogP contribution in [-0.4, -0.2) is 34.8 Å². The molecule has 1 aliphatic carbocycles. The molecule has 1 saturated heterocycles. The minimum atomic E-state index is -1.38. The normalized spacial score (nSPS) is 20.4. The van der Waals surface area contributed by atoms with Crippen LogP contribution < -0.4 is 21.8 Å². The Labute approximate surface area is 165 Å². The summed E-state index contributed by atoms with van der Waals surface area (Å²) in [5.74, 6) is -2.17. The second kappa shape index (κ2) is 6.93. The van der Waals surface area contributed by atoms with E-state index in [0.29, 0.717) is 18.6 Å². The third-order valence-electron chi connectivity index (χ3n) is 5.56. The molecule has 1 atom stereocenters. The maximum atomic E-state index is 15.3. The van der Waals surface area contributed by atoms with Crippen LogP contribution in [0.1, 0.15) is 48.5 Å². The Morgan fingerprint density at radius 1 is 1.29 bits per heavy atom. The van der Waals surface area contributed by atoms with E-state index < -0.39 is 22.8 Å². The number of nitrogens with two attached hydrogens (primary N) is 2. The first-order valence-corrected chi connectivity index (χ1v) is 9.78. The van der Waals surface area contributed by atoms with Crippen molar-refractivity contribution in [1.29, 1.82) is 0 Å². The van der Waals surface area contributed by atoms with Gasteiger partial charge in [0.15, 0.2) is 5.82 Å². The van der Waals surface area contributed by atoms with Crippen LogP contribution in [0.5, 0.6) is 0 Å². The lowest BCUT2D eigenvalue weighted by Crippen LogP contribution is -2.36. The lowest BCUT2D eigenvalue weighted by molar-refractivity contribution is 0.0695. The first-order chi connectivity index (χ1) is 13.3. The summed E-state index contributed by atoms with van der Waals surface area (Å²) in [4.78, 5) is 26.1. The molecule has 28 heavy (non-hydrogen) atoms. The topological polar surface area (TPSA) is 115 Å². The van der Waals surface area contributed by atoms with Crippen molar-refractivity contribution in [2.45, 2.75) is 44.2 Å². The lowest BCUT2D eigenvalue weighted by atomic mass is 10.1. The highest BCUT2D eigenvalue weighted by molar-refractivity contribution is 6.38. The van der Waals surface area contributed by atoms with Crippen molar-refractivity contribution in [3.05, 3.63) is 32.8 Å². The van der Waals surface area contributed by atoms with Crippen LogP contribution in [0.2, 0.25) is 5.02 Å². The van der Waals surface area contributed by atoms with Crippen LogP contribution in [0, 0.1) is 5.82 Å². The summed E-state index contributed by atoms with van der Waals surface area (Å²) in [6.07, 6.45) is 5.58. The van der Waals surface area contributed by atoms with Gasteiger partial charge in [-0.3, -0.25) is 4.79 Å². The molecule has 150 valence electrons. The number of carboxylic acids is 1. The largest absolute Gasteiger partial charge is 0.477 e. The van der Waals surface area contributed by atoms with E-state index in [-0.39, 0.29) is 33.9 Å². The summed E-state index contributed by atoms with van der Waals surface area (Å²) >= 11 is 6.65. The van der Waals surface area contributed by atoms with Crippen molar-refractivity contribution in [3.8, 4) is 0 Å². The second-order valence-corrected chi connectivity index (χ2v) is 8.01. The maximum absolute atomic E-state index is 15.3. The Hall–Kier alpha value is -2.32. The van der Waals surface area contributed by atoms with Crippen LogP contribution >= 0.6 is 11.6 Å². The van der Waals surface area contributed by atoms with Crippen LogP contribution in [0.4, 0.5) is 15.8 Å². The number of nitrogen functional groups attached to an aromatic ring is 1. The van der Waals surface area contributed by atoms with Crippen LogP contribution in [0.15, 0.2) is 11.0 Å². The molecule has 0 amide bonds. The Morgan fingerprint density at radius 3 is 2.64 bits per heavy atom. The zero-order valence-electron chi connectivity index (χ0n) is 15.3. The molecular formula is C19H22ClFN4O3. The van der Waals surface area contributed by atoms with Gasteiger partial charge in [0.25, 0.3) is 0 Å². The highest BCUT2D eigenvalue weighted by Gasteiger charge is 2.32. The van der Waals surface area contributed by atoms with Gasteiger partial charge < -0.3 is 26.0 Å². The van der Waals surface area contributed by atoms with Gasteiger partial charge in [-0.15, -0.1) is 0 Å². The molecule has 0 spiro atoms. The minimum Gasteiger partial charge on any atom is -0.477 e. The number of aromatic nitrogens is 1. The van der Waals surface area contributed by atoms with E-state index in [9.17, 15) is 14.7 Å². The summed E-state index contributed by atoms with van der Waals surface area (Å²) in [6, 6.07) is -0.0994. The second-order valence-electron chi connectivity index (χ2n) is 7.63. The third-order valence-corrected chi connectivity index (χ3v) is 5.92. The summed E-state index contributed by atoms with van der Waals surface area (Å²) in [7, 11) is 0. The zero-order valence-corrected chi connectivity index (χ0v) is 16.0. The summed E-state index contributed by atoms with van der Waals surface area (Å²) in [5, 5.41) is 9.31. The van der Waals surface area contributed by atoms with Gasteiger partial charge in [-0.05, 0) is 25.7 Å². The van der Waals surface area contributed by atoms with Gasteiger partial charge >= 0.3 is 5.97 Å². The van der Waals surface area contributed by atoms with E-state index >= 15 is 4.39 Å². The van der Waals surface area contributed by atoms with Crippen LogP contribution in [0.3, 0.4) is 0 Å². The van der Waals surface area contributed by atoms with E-state index in [1.165, 1.54) is 6.20 Å². The molecule has 1 aliphatic heterocycles. The number of rotatable bonds is 3. The fraction of sp³-hybridized carbons (Fsp3) is 0.474. The number of fused-ring (bicyclic) bond motifs is 1. The average molecular weight is 409 g/mol. The summed E-state index contributed by atoms with van der Waals surface area (Å²) < 4.78 is 17.0. The Bertz CT molecular complexity index is 1030. The molecule has 5 N–H and O–H groups in total. The van der Waals surface area contributed by atoms with Gasteiger partial charge in [-0.2, -0.15) is 0 Å². The molecule has 2 heterocycles. The number of halogens is 2.